The molecule has 1 rings (SSSR count). The molecule has 1 amide bonds. The molecular formula is C8H13NO3. The molecule has 1 aliphatic rings. The summed E-state index contributed by atoms with van der Waals surface area (Å²) >= 11 is 0. The van der Waals surface area contributed by atoms with Crippen LogP contribution in [0.1, 0.15) is 12.8 Å². The van der Waals surface area contributed by atoms with Gasteiger partial charge in [0.15, 0.2) is 0 Å². The molecule has 1 aliphatic heterocycles. The van der Waals surface area contributed by atoms with Gasteiger partial charge in [-0.1, -0.05) is 6.58 Å². The Morgan fingerprint density at radius 2 is 2.25 bits per heavy atom. The molecule has 0 saturated carbocycles. The highest BCUT2D eigenvalue weighted by atomic mass is 16.4. The predicted octanol–water partition coefficient (Wildman–Crippen LogP) is 0.496. The smallest absolute Gasteiger partial charge is 0.327 e. The van der Waals surface area contributed by atoms with E-state index in [-0.39, 0.29) is 0 Å². The fourth-order valence-corrected chi connectivity index (χ4v) is 0.783. The van der Waals surface area contributed by atoms with Crippen LogP contribution in [0, 0.1) is 0 Å². The van der Waals surface area contributed by atoms with E-state index < -0.39 is 5.97 Å². The first kappa shape index (κ1) is 10.7. The molecule has 0 aromatic rings. The molecule has 4 nitrogen and oxygen atoms in total. The summed E-state index contributed by atoms with van der Waals surface area (Å²) in [5.74, 6) is -0.690. The van der Waals surface area contributed by atoms with Gasteiger partial charge in [0.1, 0.15) is 0 Å². The molecule has 0 spiro atoms. The van der Waals surface area contributed by atoms with E-state index in [0.29, 0.717) is 5.91 Å². The van der Waals surface area contributed by atoms with Crippen LogP contribution in [0.5, 0.6) is 0 Å². The Labute approximate surface area is 71.5 Å². The van der Waals surface area contributed by atoms with E-state index in [1.807, 2.05) is 7.05 Å². The summed E-state index contributed by atoms with van der Waals surface area (Å²) in [6.45, 7) is 3.92. The van der Waals surface area contributed by atoms with Crippen molar-refractivity contribution in [1.29, 1.82) is 0 Å². The van der Waals surface area contributed by atoms with Gasteiger partial charge >= 0.3 is 5.97 Å². The zero-order valence-corrected chi connectivity index (χ0v) is 7.12. The largest absolute Gasteiger partial charge is 0.478 e. The second-order valence-corrected chi connectivity index (χ2v) is 2.46. The second kappa shape index (κ2) is 5.35. The molecule has 0 aromatic carbocycles. The van der Waals surface area contributed by atoms with E-state index in [1.54, 1.807) is 4.90 Å². The average Bonchev–Trinajstić information content (AvgIpc) is 2.37. The molecule has 0 aliphatic carbocycles. The van der Waals surface area contributed by atoms with E-state index in [4.69, 9.17) is 5.11 Å². The Balaban J connectivity index is 0.000000217. The Morgan fingerprint density at radius 1 is 1.75 bits per heavy atom. The lowest BCUT2D eigenvalue weighted by molar-refractivity contribution is -0.131. The summed E-state index contributed by atoms with van der Waals surface area (Å²) < 4.78 is 0. The van der Waals surface area contributed by atoms with Gasteiger partial charge < -0.3 is 10.0 Å². The zero-order chi connectivity index (χ0) is 9.56. The minimum absolute atomic E-state index is 0.292. The Morgan fingerprint density at radius 3 is 2.33 bits per heavy atom. The lowest BCUT2D eigenvalue weighted by Crippen LogP contribution is -2.17. The molecule has 0 atom stereocenters. The molecule has 4 heteroatoms. The van der Waals surface area contributed by atoms with Crippen LogP contribution in [0.15, 0.2) is 12.7 Å². The van der Waals surface area contributed by atoms with Crippen molar-refractivity contribution in [3.63, 3.8) is 0 Å². The fourth-order valence-electron chi connectivity index (χ4n) is 0.783. The van der Waals surface area contributed by atoms with Crippen LogP contribution in [-0.4, -0.2) is 35.5 Å². The van der Waals surface area contributed by atoms with Crippen LogP contribution < -0.4 is 0 Å². The standard InChI is InChI=1S/C5H9NO.C3H4O2/c1-6-4-2-3-5(6)7;1-2-3(4)5/h2-4H2,1H3;2H,1H2,(H,4,5). The third kappa shape index (κ3) is 4.49. The van der Waals surface area contributed by atoms with Crippen LogP contribution >= 0.6 is 0 Å². The van der Waals surface area contributed by atoms with Gasteiger partial charge in [0.2, 0.25) is 5.91 Å². The Kier molecular flexibility index (Phi) is 4.76. The van der Waals surface area contributed by atoms with Gasteiger partial charge in [-0.05, 0) is 6.42 Å². The monoisotopic (exact) mass is 171 g/mol. The first-order valence-electron chi connectivity index (χ1n) is 3.67. The maximum Gasteiger partial charge on any atom is 0.327 e. The van der Waals surface area contributed by atoms with Gasteiger partial charge in [0.25, 0.3) is 0 Å². The van der Waals surface area contributed by atoms with Crippen LogP contribution in [0.25, 0.3) is 0 Å². The third-order valence-electron chi connectivity index (χ3n) is 1.48. The number of carboxylic acids is 1. The third-order valence-corrected chi connectivity index (χ3v) is 1.48. The van der Waals surface area contributed by atoms with Gasteiger partial charge in [-0.3, -0.25) is 4.79 Å². The summed E-state index contributed by atoms with van der Waals surface area (Å²) in [6, 6.07) is 0. The first-order chi connectivity index (χ1) is 5.57. The molecule has 1 N–H and O–H groups in total. The topological polar surface area (TPSA) is 57.6 Å². The van der Waals surface area contributed by atoms with Crippen molar-refractivity contribution < 1.29 is 14.7 Å². The molecule has 68 valence electrons. The number of nitrogens with zero attached hydrogens (tertiary/aromatic N) is 1. The lowest BCUT2D eigenvalue weighted by atomic mass is 10.4. The van der Waals surface area contributed by atoms with Crippen molar-refractivity contribution in [3.8, 4) is 0 Å². The first-order valence-corrected chi connectivity index (χ1v) is 3.67. The molecule has 12 heavy (non-hydrogen) atoms. The average molecular weight is 171 g/mol. The summed E-state index contributed by atoms with van der Waals surface area (Å²) in [5.41, 5.74) is 0. The van der Waals surface area contributed by atoms with Crippen molar-refractivity contribution >= 4 is 11.9 Å². The van der Waals surface area contributed by atoms with Gasteiger partial charge in [0, 0.05) is 26.1 Å². The number of amides is 1. The maximum atomic E-state index is 10.5. The van der Waals surface area contributed by atoms with Gasteiger partial charge in [-0.2, -0.15) is 0 Å². The van der Waals surface area contributed by atoms with Crippen molar-refractivity contribution in [2.75, 3.05) is 13.6 Å². The molecule has 1 fully saturated rings. The van der Waals surface area contributed by atoms with Crippen LogP contribution in [0.3, 0.4) is 0 Å². The fraction of sp³-hybridized carbons (Fsp3) is 0.500. The summed E-state index contributed by atoms with van der Waals surface area (Å²) in [5, 5.41) is 7.60. The van der Waals surface area contributed by atoms with E-state index in [1.165, 1.54) is 0 Å². The number of carbonyl (C=O) groups excluding carboxylic acids is 1. The van der Waals surface area contributed by atoms with Crippen molar-refractivity contribution in [2.24, 2.45) is 0 Å². The number of hydrogen-bond donors (Lipinski definition) is 1. The predicted molar refractivity (Wildman–Crippen MR) is 44.7 cm³/mol. The molecule has 0 aromatic heterocycles. The van der Waals surface area contributed by atoms with Crippen molar-refractivity contribution in [2.45, 2.75) is 12.8 Å². The molecule has 0 unspecified atom stereocenters. The summed E-state index contributed by atoms with van der Waals surface area (Å²) in [4.78, 5) is 21.5. The van der Waals surface area contributed by atoms with Crippen molar-refractivity contribution in [1.82, 2.24) is 4.90 Å². The lowest BCUT2D eigenvalue weighted by Gasteiger charge is -2.03. The van der Waals surface area contributed by atoms with E-state index >= 15 is 0 Å². The minimum Gasteiger partial charge on any atom is -0.478 e. The van der Waals surface area contributed by atoms with Gasteiger partial charge in [-0.15, -0.1) is 0 Å². The molecule has 1 saturated heterocycles. The highest BCUT2D eigenvalue weighted by Gasteiger charge is 2.14. The highest BCUT2D eigenvalue weighted by molar-refractivity contribution is 5.78. The summed E-state index contributed by atoms with van der Waals surface area (Å²) in [6.07, 6.45) is 2.64. The highest BCUT2D eigenvalue weighted by Crippen LogP contribution is 2.04. The number of carboxylic acid groups (broad SMARTS) is 1. The van der Waals surface area contributed by atoms with E-state index in [2.05, 4.69) is 6.58 Å². The summed E-state index contributed by atoms with van der Waals surface area (Å²) in [7, 11) is 1.84. The number of aliphatic carboxylic acids is 1. The SMILES string of the molecule is C=CC(=O)O.CN1CCCC1=O. The van der Waals surface area contributed by atoms with E-state index in [9.17, 15) is 9.59 Å². The van der Waals surface area contributed by atoms with Crippen LogP contribution in [0.4, 0.5) is 0 Å². The van der Waals surface area contributed by atoms with E-state index in [0.717, 1.165) is 25.5 Å². The zero-order valence-electron chi connectivity index (χ0n) is 7.12. The number of likely N-dealkylation sites (tertiary alicyclic amines) is 1. The maximum absolute atomic E-state index is 10.5. The van der Waals surface area contributed by atoms with Crippen LogP contribution in [-0.2, 0) is 9.59 Å². The Hall–Kier alpha value is -1.32. The number of hydrogen-bond acceptors (Lipinski definition) is 2. The molecular weight excluding hydrogens is 158 g/mol. The quantitative estimate of drug-likeness (QED) is 0.584. The molecule has 1 heterocycles. The normalized spacial score (nSPS) is 15.1. The number of carbonyl (C=O) groups is 2. The minimum atomic E-state index is -0.981. The van der Waals surface area contributed by atoms with Crippen molar-refractivity contribution in [3.05, 3.63) is 12.7 Å². The Bertz CT molecular complexity index is 189. The molecule has 0 radical (unpaired) electrons. The van der Waals surface area contributed by atoms with Gasteiger partial charge in [0.05, 0.1) is 0 Å². The molecule has 0 bridgehead atoms. The number of rotatable bonds is 1. The van der Waals surface area contributed by atoms with Crippen LogP contribution in [0.2, 0.25) is 0 Å². The van der Waals surface area contributed by atoms with Gasteiger partial charge in [-0.25, -0.2) is 4.79 Å². The second-order valence-electron chi connectivity index (χ2n) is 2.46.